The van der Waals surface area contributed by atoms with Crippen LogP contribution in [0.25, 0.3) is 0 Å². The highest BCUT2D eigenvalue weighted by molar-refractivity contribution is 6.03. The molecule has 0 heterocycles. The lowest BCUT2D eigenvalue weighted by Crippen LogP contribution is -2.27. The Balaban J connectivity index is 0.000000217. The van der Waals surface area contributed by atoms with E-state index in [0.29, 0.717) is 12.2 Å². The molecule has 0 aliphatic heterocycles. The Kier molecular flexibility index (Phi) is 5.11. The lowest BCUT2D eigenvalue weighted by Gasteiger charge is -2.14. The van der Waals surface area contributed by atoms with Gasteiger partial charge in [-0.25, -0.2) is 0 Å². The van der Waals surface area contributed by atoms with Gasteiger partial charge >= 0.3 is 5.97 Å². The number of hydrogen-bond donors (Lipinski definition) is 0. The number of hydrogen-bond acceptors (Lipinski definition) is 4. The second-order valence-electron chi connectivity index (χ2n) is 7.02. The Morgan fingerprint density at radius 3 is 1.95 bits per heavy atom. The van der Waals surface area contributed by atoms with Crippen molar-refractivity contribution < 1.29 is 19.1 Å². The van der Waals surface area contributed by atoms with Crippen molar-refractivity contribution >= 4 is 17.5 Å². The van der Waals surface area contributed by atoms with E-state index in [4.69, 9.17) is 0 Å². The molecular weight excluding hydrogens is 256 g/mol. The summed E-state index contributed by atoms with van der Waals surface area (Å²) in [5, 5.41) is 0. The predicted octanol–water partition coefficient (Wildman–Crippen LogP) is 2.93. The van der Waals surface area contributed by atoms with Crippen LogP contribution in [0.15, 0.2) is 0 Å². The quantitative estimate of drug-likeness (QED) is 0.548. The van der Waals surface area contributed by atoms with Crippen LogP contribution in [0.4, 0.5) is 0 Å². The molecule has 0 aromatic rings. The number of Topliss-reactive ketones (excluding diaryl/α,β-unsaturated/α-hetero) is 2. The average Bonchev–Trinajstić information content (AvgIpc) is 2.81. The van der Waals surface area contributed by atoms with E-state index in [0.717, 1.165) is 25.7 Å². The third-order valence-corrected chi connectivity index (χ3v) is 4.49. The van der Waals surface area contributed by atoms with E-state index in [9.17, 15) is 14.4 Å². The van der Waals surface area contributed by atoms with Gasteiger partial charge in [-0.3, -0.25) is 14.4 Å². The summed E-state index contributed by atoms with van der Waals surface area (Å²) in [5.41, 5.74) is -0.321. The summed E-state index contributed by atoms with van der Waals surface area (Å²) in [7, 11) is 1.32. The minimum Gasteiger partial charge on any atom is -0.468 e. The summed E-state index contributed by atoms with van der Waals surface area (Å²) in [6, 6.07) is 0. The minimum absolute atomic E-state index is 0.0139. The molecule has 0 N–H and O–H groups in total. The topological polar surface area (TPSA) is 60.4 Å². The fraction of sp³-hybridized carbons (Fsp3) is 0.812. The summed E-state index contributed by atoms with van der Waals surface area (Å²) in [6.45, 7) is 7.81. The molecule has 20 heavy (non-hydrogen) atoms. The van der Waals surface area contributed by atoms with Gasteiger partial charge in [-0.1, -0.05) is 27.7 Å². The minimum atomic E-state index is -0.509. The molecule has 0 aromatic carbocycles. The van der Waals surface area contributed by atoms with Crippen molar-refractivity contribution in [2.75, 3.05) is 7.11 Å². The van der Waals surface area contributed by atoms with Crippen LogP contribution in [0.1, 0.15) is 59.8 Å². The van der Waals surface area contributed by atoms with Gasteiger partial charge in [0.25, 0.3) is 0 Å². The van der Waals surface area contributed by atoms with Crippen molar-refractivity contribution in [2.24, 2.45) is 16.7 Å². The zero-order chi connectivity index (χ0) is 15.6. The van der Waals surface area contributed by atoms with Crippen molar-refractivity contribution in [1.82, 2.24) is 0 Å². The molecule has 2 aliphatic carbocycles. The van der Waals surface area contributed by atoms with E-state index in [1.54, 1.807) is 0 Å². The van der Waals surface area contributed by atoms with Crippen LogP contribution in [0.3, 0.4) is 0 Å². The van der Waals surface area contributed by atoms with E-state index in [2.05, 4.69) is 4.74 Å². The molecule has 0 radical (unpaired) electrons. The maximum absolute atomic E-state index is 11.5. The van der Waals surface area contributed by atoms with Crippen molar-refractivity contribution in [3.63, 3.8) is 0 Å². The van der Waals surface area contributed by atoms with E-state index >= 15 is 0 Å². The Morgan fingerprint density at radius 1 is 1.10 bits per heavy atom. The maximum Gasteiger partial charge on any atom is 0.316 e. The van der Waals surface area contributed by atoms with Crippen LogP contribution in [-0.2, 0) is 19.1 Å². The Bertz CT molecular complexity index is 407. The van der Waals surface area contributed by atoms with Gasteiger partial charge in [0.15, 0.2) is 5.78 Å². The van der Waals surface area contributed by atoms with Crippen LogP contribution in [-0.4, -0.2) is 24.6 Å². The highest BCUT2D eigenvalue weighted by atomic mass is 16.5. The third kappa shape index (κ3) is 3.68. The van der Waals surface area contributed by atoms with Crippen LogP contribution in [0.5, 0.6) is 0 Å². The number of ether oxygens (including phenoxy) is 1. The van der Waals surface area contributed by atoms with Crippen molar-refractivity contribution in [1.29, 1.82) is 0 Å². The van der Waals surface area contributed by atoms with E-state index < -0.39 is 5.92 Å². The van der Waals surface area contributed by atoms with Crippen molar-refractivity contribution in [2.45, 2.75) is 59.8 Å². The van der Waals surface area contributed by atoms with Gasteiger partial charge in [-0.2, -0.15) is 0 Å². The first-order valence-electron chi connectivity index (χ1n) is 7.27. The first-order chi connectivity index (χ1) is 9.12. The SMILES string of the molecule is CC1(C)CCCC1=O.COC(=O)C1CCC(C)(C)C1=O. The lowest BCUT2D eigenvalue weighted by molar-refractivity contribution is -0.149. The van der Waals surface area contributed by atoms with Gasteiger partial charge in [0, 0.05) is 17.3 Å². The molecular formula is C16H26O4. The fourth-order valence-electron chi connectivity index (χ4n) is 2.77. The van der Waals surface area contributed by atoms with E-state index in [1.807, 2.05) is 27.7 Å². The number of ketones is 2. The predicted molar refractivity (Wildman–Crippen MR) is 76.2 cm³/mol. The average molecular weight is 282 g/mol. The molecule has 2 fully saturated rings. The van der Waals surface area contributed by atoms with Gasteiger partial charge < -0.3 is 4.74 Å². The molecule has 4 nitrogen and oxygen atoms in total. The molecule has 2 saturated carbocycles. The highest BCUT2D eigenvalue weighted by Gasteiger charge is 2.44. The molecule has 2 aliphatic rings. The van der Waals surface area contributed by atoms with Crippen molar-refractivity contribution in [3.8, 4) is 0 Å². The Morgan fingerprint density at radius 2 is 1.70 bits per heavy atom. The van der Waals surface area contributed by atoms with E-state index in [-0.39, 0.29) is 22.6 Å². The molecule has 0 amide bonds. The standard InChI is InChI=1S/C9H14O3.C7H12O/c1-9(2)5-4-6(7(9)10)8(11)12-3;1-7(2)5-3-4-6(7)8/h6H,4-5H2,1-3H3;3-5H2,1-2H3. The first-order valence-corrected chi connectivity index (χ1v) is 7.27. The van der Waals surface area contributed by atoms with Gasteiger partial charge in [0.2, 0.25) is 0 Å². The summed E-state index contributed by atoms with van der Waals surface area (Å²) >= 11 is 0. The number of carbonyl (C=O) groups is 3. The molecule has 0 bridgehead atoms. The number of rotatable bonds is 1. The smallest absolute Gasteiger partial charge is 0.316 e. The van der Waals surface area contributed by atoms with Crippen molar-refractivity contribution in [3.05, 3.63) is 0 Å². The summed E-state index contributed by atoms with van der Waals surface area (Å²) < 4.78 is 4.54. The largest absolute Gasteiger partial charge is 0.468 e. The van der Waals surface area contributed by atoms with Gasteiger partial charge in [-0.05, 0) is 25.7 Å². The van der Waals surface area contributed by atoms with Gasteiger partial charge in [0.05, 0.1) is 7.11 Å². The zero-order valence-corrected chi connectivity index (χ0v) is 13.2. The van der Waals surface area contributed by atoms with Crippen LogP contribution >= 0.6 is 0 Å². The number of methoxy groups -OCH3 is 1. The molecule has 1 atom stereocenters. The highest BCUT2D eigenvalue weighted by Crippen LogP contribution is 2.37. The first kappa shape index (κ1) is 16.9. The van der Waals surface area contributed by atoms with E-state index in [1.165, 1.54) is 7.11 Å². The van der Waals surface area contributed by atoms with Crippen LogP contribution < -0.4 is 0 Å². The van der Waals surface area contributed by atoms with Crippen LogP contribution in [0.2, 0.25) is 0 Å². The molecule has 0 spiro atoms. The zero-order valence-electron chi connectivity index (χ0n) is 13.2. The summed E-state index contributed by atoms with van der Waals surface area (Å²) in [6.07, 6.45) is 4.43. The molecule has 114 valence electrons. The van der Waals surface area contributed by atoms with Crippen LogP contribution in [0, 0.1) is 16.7 Å². The molecule has 1 unspecified atom stereocenters. The second kappa shape index (κ2) is 6.06. The Hall–Kier alpha value is -1.19. The Labute approximate surface area is 121 Å². The molecule has 4 heteroatoms. The molecule has 0 aromatic heterocycles. The number of esters is 1. The monoisotopic (exact) mass is 282 g/mol. The fourth-order valence-corrected chi connectivity index (χ4v) is 2.77. The van der Waals surface area contributed by atoms with Gasteiger partial charge in [0.1, 0.15) is 11.7 Å². The normalized spacial score (nSPS) is 26.9. The molecule has 0 saturated heterocycles. The second-order valence-corrected chi connectivity index (χ2v) is 7.02. The molecule has 2 rings (SSSR count). The third-order valence-electron chi connectivity index (χ3n) is 4.49. The number of carbonyl (C=O) groups excluding carboxylic acids is 3. The maximum atomic E-state index is 11.5. The summed E-state index contributed by atoms with van der Waals surface area (Å²) in [5.74, 6) is -0.428. The lowest BCUT2D eigenvalue weighted by atomic mass is 9.89. The summed E-state index contributed by atoms with van der Waals surface area (Å²) in [4.78, 5) is 33.5. The van der Waals surface area contributed by atoms with Gasteiger partial charge in [-0.15, -0.1) is 0 Å².